The highest BCUT2D eigenvalue weighted by atomic mass is 35.5. The van der Waals surface area contributed by atoms with Gasteiger partial charge in [-0.05, 0) is 61.4 Å². The number of nitrogens with two attached hydrogens (primary N) is 1. The molecular weight excluding hydrogens is 541 g/mol. The number of amides is 4. The lowest BCUT2D eigenvalue weighted by Crippen LogP contribution is -2.41. The Kier molecular flexibility index (Phi) is 7.43. The first-order valence-corrected chi connectivity index (χ1v) is 12.6. The van der Waals surface area contributed by atoms with Gasteiger partial charge in [-0.15, -0.1) is 0 Å². The molecule has 0 radical (unpaired) electrons. The molecule has 2 aromatic heterocycles. The number of carbonyl (C=O) groups excluding carboxylic acids is 4. The standard InChI is InChI=1S/C27H23ClFN7O4/c28-21-5-2-6-22(32-21)33-23(37)13-35(18-8-9-18)24(38)14-36-20-10-7-17(12-19(20)25(34-36)26(30)39)31-27(40)15-3-1-4-16(29)11-15/h1-7,10-12,18H,8-9,13-14H2,(H2,30,39)(H,31,40)(H,32,33,37). The highest BCUT2D eigenvalue weighted by Gasteiger charge is 2.34. The predicted molar refractivity (Wildman–Crippen MR) is 145 cm³/mol. The predicted octanol–water partition coefficient (Wildman–Crippen LogP) is 3.20. The number of hydrogen-bond donors (Lipinski definition) is 3. The van der Waals surface area contributed by atoms with Crippen LogP contribution in [0.4, 0.5) is 15.9 Å². The number of nitrogens with zero attached hydrogens (tertiary/aromatic N) is 4. The Hall–Kier alpha value is -4.84. The molecule has 0 unspecified atom stereocenters. The second kappa shape index (κ2) is 11.1. The van der Waals surface area contributed by atoms with Gasteiger partial charge in [-0.2, -0.15) is 5.10 Å². The molecule has 204 valence electrons. The summed E-state index contributed by atoms with van der Waals surface area (Å²) in [6.45, 7) is -0.451. The fourth-order valence-corrected chi connectivity index (χ4v) is 4.40. The number of rotatable bonds is 9. The van der Waals surface area contributed by atoms with Crippen LogP contribution in [0, 0.1) is 5.82 Å². The number of halogens is 2. The van der Waals surface area contributed by atoms with Crippen LogP contribution in [0.3, 0.4) is 0 Å². The molecule has 40 heavy (non-hydrogen) atoms. The van der Waals surface area contributed by atoms with Crippen LogP contribution in [-0.4, -0.2) is 55.9 Å². The summed E-state index contributed by atoms with van der Waals surface area (Å²) in [5.41, 5.74) is 6.32. The number of pyridine rings is 1. The topological polar surface area (TPSA) is 152 Å². The Bertz CT molecular complexity index is 1650. The summed E-state index contributed by atoms with van der Waals surface area (Å²) in [5.74, 6) is -2.46. The molecule has 1 aliphatic carbocycles. The van der Waals surface area contributed by atoms with Crippen LogP contribution < -0.4 is 16.4 Å². The Morgan fingerprint density at radius 2 is 1.82 bits per heavy atom. The minimum Gasteiger partial charge on any atom is -0.364 e. The maximum Gasteiger partial charge on any atom is 0.269 e. The maximum absolute atomic E-state index is 13.5. The zero-order valence-corrected chi connectivity index (χ0v) is 21.7. The van der Waals surface area contributed by atoms with Gasteiger partial charge in [-0.3, -0.25) is 23.9 Å². The normalized spacial score (nSPS) is 12.7. The van der Waals surface area contributed by atoms with Crippen LogP contribution in [0.25, 0.3) is 10.9 Å². The van der Waals surface area contributed by atoms with Crippen molar-refractivity contribution in [3.8, 4) is 0 Å². The van der Waals surface area contributed by atoms with Crippen molar-refractivity contribution in [2.75, 3.05) is 17.2 Å². The van der Waals surface area contributed by atoms with E-state index in [0.29, 0.717) is 16.6 Å². The Morgan fingerprint density at radius 1 is 1.05 bits per heavy atom. The zero-order chi connectivity index (χ0) is 28.4. The Labute approximate surface area is 232 Å². The van der Waals surface area contributed by atoms with E-state index in [-0.39, 0.29) is 47.3 Å². The van der Waals surface area contributed by atoms with Crippen molar-refractivity contribution in [2.24, 2.45) is 5.73 Å². The van der Waals surface area contributed by atoms with E-state index >= 15 is 0 Å². The number of benzene rings is 2. The lowest BCUT2D eigenvalue weighted by molar-refractivity contribution is -0.135. The van der Waals surface area contributed by atoms with E-state index in [1.807, 2.05) is 0 Å². The van der Waals surface area contributed by atoms with Gasteiger partial charge in [0.15, 0.2) is 5.69 Å². The molecule has 0 aliphatic heterocycles. The Morgan fingerprint density at radius 3 is 2.52 bits per heavy atom. The first-order chi connectivity index (χ1) is 19.2. The van der Waals surface area contributed by atoms with Gasteiger partial charge in [0.25, 0.3) is 11.8 Å². The molecule has 4 N–H and O–H groups in total. The van der Waals surface area contributed by atoms with Gasteiger partial charge in [-0.25, -0.2) is 9.37 Å². The van der Waals surface area contributed by atoms with Crippen molar-refractivity contribution in [2.45, 2.75) is 25.4 Å². The van der Waals surface area contributed by atoms with Crippen molar-refractivity contribution < 1.29 is 23.6 Å². The quantitative estimate of drug-likeness (QED) is 0.266. The summed E-state index contributed by atoms with van der Waals surface area (Å²) in [4.78, 5) is 56.1. The molecule has 1 fully saturated rings. The van der Waals surface area contributed by atoms with E-state index in [9.17, 15) is 23.6 Å². The van der Waals surface area contributed by atoms with Gasteiger partial charge in [0, 0.05) is 22.7 Å². The second-order valence-electron chi connectivity index (χ2n) is 9.21. The number of anilines is 2. The lowest BCUT2D eigenvalue weighted by Gasteiger charge is -2.22. The van der Waals surface area contributed by atoms with E-state index in [4.69, 9.17) is 17.3 Å². The van der Waals surface area contributed by atoms with Crippen LogP contribution in [-0.2, 0) is 16.1 Å². The second-order valence-corrected chi connectivity index (χ2v) is 9.60. The summed E-state index contributed by atoms with van der Waals surface area (Å²) < 4.78 is 14.8. The van der Waals surface area contributed by atoms with Crippen LogP contribution in [0.1, 0.15) is 33.7 Å². The molecule has 11 nitrogen and oxygen atoms in total. The highest BCUT2D eigenvalue weighted by molar-refractivity contribution is 6.29. The van der Waals surface area contributed by atoms with E-state index in [0.717, 1.165) is 18.9 Å². The van der Waals surface area contributed by atoms with Crippen LogP contribution >= 0.6 is 11.6 Å². The van der Waals surface area contributed by atoms with E-state index in [2.05, 4.69) is 20.7 Å². The SMILES string of the molecule is NC(=O)c1nn(CC(=O)N(CC(=O)Nc2cccc(Cl)n2)C2CC2)c2ccc(NC(=O)c3cccc(F)c3)cc12. The average molecular weight is 564 g/mol. The zero-order valence-electron chi connectivity index (χ0n) is 20.9. The van der Waals surface area contributed by atoms with Gasteiger partial charge >= 0.3 is 0 Å². The summed E-state index contributed by atoms with van der Waals surface area (Å²) >= 11 is 5.87. The number of carbonyl (C=O) groups is 4. The van der Waals surface area contributed by atoms with Crippen molar-refractivity contribution in [3.05, 3.63) is 82.9 Å². The van der Waals surface area contributed by atoms with Crippen molar-refractivity contribution >= 4 is 57.6 Å². The summed E-state index contributed by atoms with van der Waals surface area (Å²) in [6, 6.07) is 14.6. The minimum atomic E-state index is -0.822. The molecule has 13 heteroatoms. The summed E-state index contributed by atoms with van der Waals surface area (Å²) in [7, 11) is 0. The molecular formula is C27H23ClFN7O4. The van der Waals surface area contributed by atoms with Gasteiger partial charge < -0.3 is 21.3 Å². The average Bonchev–Trinajstić information content (AvgIpc) is 3.69. The number of hydrogen-bond acceptors (Lipinski definition) is 6. The maximum atomic E-state index is 13.5. The van der Waals surface area contributed by atoms with E-state index in [1.165, 1.54) is 33.8 Å². The number of nitrogens with one attached hydrogen (secondary N) is 2. The molecule has 1 aliphatic rings. The lowest BCUT2D eigenvalue weighted by atomic mass is 10.1. The summed E-state index contributed by atoms with van der Waals surface area (Å²) in [5, 5.41) is 10.1. The molecule has 2 heterocycles. The molecule has 0 saturated heterocycles. The van der Waals surface area contributed by atoms with Crippen LogP contribution in [0.5, 0.6) is 0 Å². The number of aromatic nitrogens is 3. The summed E-state index contributed by atoms with van der Waals surface area (Å²) in [6.07, 6.45) is 1.52. The first-order valence-electron chi connectivity index (χ1n) is 12.3. The highest BCUT2D eigenvalue weighted by Crippen LogP contribution is 2.28. The van der Waals surface area contributed by atoms with Gasteiger partial charge in [-0.1, -0.05) is 23.7 Å². The van der Waals surface area contributed by atoms with E-state index in [1.54, 1.807) is 30.3 Å². The Balaban J connectivity index is 1.34. The molecule has 4 aromatic rings. The molecule has 0 bridgehead atoms. The van der Waals surface area contributed by atoms with Gasteiger partial charge in [0.1, 0.15) is 29.9 Å². The fraction of sp³-hybridized carbons (Fsp3) is 0.185. The third-order valence-electron chi connectivity index (χ3n) is 6.22. The largest absolute Gasteiger partial charge is 0.364 e. The van der Waals surface area contributed by atoms with Crippen molar-refractivity contribution in [3.63, 3.8) is 0 Å². The van der Waals surface area contributed by atoms with Crippen molar-refractivity contribution in [1.82, 2.24) is 19.7 Å². The number of fused-ring (bicyclic) bond motifs is 1. The molecule has 2 aromatic carbocycles. The van der Waals surface area contributed by atoms with E-state index < -0.39 is 23.5 Å². The van der Waals surface area contributed by atoms with Crippen LogP contribution in [0.15, 0.2) is 60.7 Å². The first kappa shape index (κ1) is 26.8. The number of primary amides is 1. The molecule has 5 rings (SSSR count). The smallest absolute Gasteiger partial charge is 0.269 e. The van der Waals surface area contributed by atoms with Crippen molar-refractivity contribution in [1.29, 1.82) is 0 Å². The third-order valence-corrected chi connectivity index (χ3v) is 6.43. The van der Waals surface area contributed by atoms with Gasteiger partial charge in [0.2, 0.25) is 11.8 Å². The van der Waals surface area contributed by atoms with Crippen LogP contribution in [0.2, 0.25) is 5.15 Å². The minimum absolute atomic E-state index is 0.0901. The fourth-order valence-electron chi connectivity index (χ4n) is 4.23. The third kappa shape index (κ3) is 6.07. The molecule has 4 amide bonds. The monoisotopic (exact) mass is 563 g/mol. The molecule has 0 spiro atoms. The van der Waals surface area contributed by atoms with Gasteiger partial charge in [0.05, 0.1) is 5.52 Å². The molecule has 0 atom stereocenters. The molecule has 1 saturated carbocycles.